The Hall–Kier alpha value is -2.32. The van der Waals surface area contributed by atoms with E-state index in [1.807, 2.05) is 0 Å². The largest absolute Gasteiger partial charge is 0.465 e. The highest BCUT2D eigenvalue weighted by molar-refractivity contribution is 7.80. The summed E-state index contributed by atoms with van der Waals surface area (Å²) in [5.74, 6) is -0.114. The molecule has 2 rings (SSSR count). The van der Waals surface area contributed by atoms with Gasteiger partial charge in [0.1, 0.15) is 5.76 Å². The molecule has 1 heterocycles. The molecular formula is C15H10ClF3N2O2S. The molecule has 1 aromatic carbocycles. The molecule has 0 atom stereocenters. The molecule has 0 bridgehead atoms. The minimum absolute atomic E-state index is 0.0331. The van der Waals surface area contributed by atoms with Crippen LogP contribution in [0.15, 0.2) is 47.1 Å². The number of carbonyl (C=O) groups is 1. The summed E-state index contributed by atoms with van der Waals surface area (Å²) in [6.45, 7) is 0. The molecular weight excluding hydrogens is 365 g/mol. The van der Waals surface area contributed by atoms with Crippen LogP contribution in [0.2, 0.25) is 5.02 Å². The van der Waals surface area contributed by atoms with Gasteiger partial charge < -0.3 is 9.73 Å². The van der Waals surface area contributed by atoms with E-state index in [0.29, 0.717) is 5.76 Å². The van der Waals surface area contributed by atoms with E-state index in [2.05, 4.69) is 10.6 Å². The number of amides is 1. The lowest BCUT2D eigenvalue weighted by Crippen LogP contribution is -2.33. The van der Waals surface area contributed by atoms with Crippen molar-refractivity contribution in [2.75, 3.05) is 5.32 Å². The van der Waals surface area contributed by atoms with Crippen LogP contribution in [-0.2, 0) is 11.0 Å². The first-order valence-electron chi connectivity index (χ1n) is 6.46. The van der Waals surface area contributed by atoms with Crippen molar-refractivity contribution in [3.05, 3.63) is 59.0 Å². The first-order chi connectivity index (χ1) is 11.3. The zero-order valence-electron chi connectivity index (χ0n) is 11.9. The monoisotopic (exact) mass is 374 g/mol. The summed E-state index contributed by atoms with van der Waals surface area (Å²) in [5, 5.41) is 4.59. The van der Waals surface area contributed by atoms with Crippen molar-refractivity contribution in [3.63, 3.8) is 0 Å². The molecule has 0 saturated carbocycles. The first-order valence-corrected chi connectivity index (χ1v) is 7.24. The Morgan fingerprint density at radius 2 is 2.04 bits per heavy atom. The molecule has 0 unspecified atom stereocenters. The van der Waals surface area contributed by atoms with Gasteiger partial charge in [-0.1, -0.05) is 11.6 Å². The predicted octanol–water partition coefficient (Wildman–Crippen LogP) is 4.48. The maximum Gasteiger partial charge on any atom is 0.416 e. The van der Waals surface area contributed by atoms with E-state index < -0.39 is 17.6 Å². The Bertz CT molecular complexity index is 774. The second-order valence-electron chi connectivity index (χ2n) is 4.48. The topological polar surface area (TPSA) is 54.3 Å². The predicted molar refractivity (Wildman–Crippen MR) is 88.6 cm³/mol. The van der Waals surface area contributed by atoms with Gasteiger partial charge in [0.25, 0.3) is 0 Å². The zero-order valence-corrected chi connectivity index (χ0v) is 13.4. The van der Waals surface area contributed by atoms with Crippen LogP contribution in [0.1, 0.15) is 11.3 Å². The van der Waals surface area contributed by atoms with Crippen molar-refractivity contribution in [1.82, 2.24) is 5.32 Å². The SMILES string of the molecule is O=C(C=Cc1ccco1)NC(=S)Nc1cc(C(F)(F)F)ccc1Cl. The fourth-order valence-corrected chi connectivity index (χ4v) is 2.02. The second kappa shape index (κ2) is 7.50. The Balaban J connectivity index is 2.00. The van der Waals surface area contributed by atoms with E-state index in [4.69, 9.17) is 28.2 Å². The van der Waals surface area contributed by atoms with Crippen molar-refractivity contribution in [2.24, 2.45) is 0 Å². The summed E-state index contributed by atoms with van der Waals surface area (Å²) >= 11 is 10.7. The third-order valence-electron chi connectivity index (χ3n) is 2.72. The van der Waals surface area contributed by atoms with E-state index in [0.717, 1.165) is 18.2 Å². The molecule has 0 radical (unpaired) electrons. The van der Waals surface area contributed by atoms with Gasteiger partial charge in [-0.05, 0) is 48.6 Å². The lowest BCUT2D eigenvalue weighted by atomic mass is 10.2. The van der Waals surface area contributed by atoms with E-state index >= 15 is 0 Å². The van der Waals surface area contributed by atoms with Gasteiger partial charge in [-0.15, -0.1) is 0 Å². The Labute approximate surface area is 145 Å². The summed E-state index contributed by atoms with van der Waals surface area (Å²) < 4.78 is 43.1. The number of hydrogen-bond acceptors (Lipinski definition) is 3. The smallest absolute Gasteiger partial charge is 0.416 e. The van der Waals surface area contributed by atoms with Gasteiger partial charge in [0, 0.05) is 6.08 Å². The van der Waals surface area contributed by atoms with Crippen molar-refractivity contribution in [3.8, 4) is 0 Å². The maximum atomic E-state index is 12.7. The molecule has 0 aliphatic carbocycles. The number of halogens is 4. The van der Waals surface area contributed by atoms with Crippen molar-refractivity contribution in [2.45, 2.75) is 6.18 Å². The quantitative estimate of drug-likeness (QED) is 0.614. The number of carbonyl (C=O) groups excluding carboxylic acids is 1. The van der Waals surface area contributed by atoms with Gasteiger partial charge in [0.2, 0.25) is 5.91 Å². The molecule has 0 spiro atoms. The number of rotatable bonds is 3. The summed E-state index contributed by atoms with van der Waals surface area (Å²) in [7, 11) is 0. The first kappa shape index (κ1) is 18.0. The number of hydrogen-bond donors (Lipinski definition) is 2. The van der Waals surface area contributed by atoms with Crippen LogP contribution in [0.25, 0.3) is 6.08 Å². The maximum absolute atomic E-state index is 12.7. The fraction of sp³-hybridized carbons (Fsp3) is 0.0667. The molecule has 0 aliphatic heterocycles. The van der Waals surface area contributed by atoms with E-state index in [-0.39, 0.29) is 15.8 Å². The highest BCUT2D eigenvalue weighted by Gasteiger charge is 2.31. The van der Waals surface area contributed by atoms with Gasteiger partial charge in [-0.3, -0.25) is 10.1 Å². The summed E-state index contributed by atoms with van der Waals surface area (Å²) in [5.41, 5.74) is -0.951. The van der Waals surface area contributed by atoms with Crippen LogP contribution >= 0.6 is 23.8 Å². The minimum atomic E-state index is -4.52. The van der Waals surface area contributed by atoms with Gasteiger partial charge in [0.05, 0.1) is 22.5 Å². The number of nitrogens with one attached hydrogen (secondary N) is 2. The highest BCUT2D eigenvalue weighted by Crippen LogP contribution is 2.33. The van der Waals surface area contributed by atoms with Crippen molar-refractivity contribution in [1.29, 1.82) is 0 Å². The zero-order chi connectivity index (χ0) is 17.7. The normalized spacial score (nSPS) is 11.5. The van der Waals surface area contributed by atoms with Crippen LogP contribution in [0.4, 0.5) is 18.9 Å². The van der Waals surface area contributed by atoms with Crippen LogP contribution in [0.3, 0.4) is 0 Å². The Kier molecular flexibility index (Phi) is 5.63. The lowest BCUT2D eigenvalue weighted by Gasteiger charge is -2.13. The second-order valence-corrected chi connectivity index (χ2v) is 5.30. The molecule has 0 saturated heterocycles. The molecule has 0 fully saturated rings. The standard InChI is InChI=1S/C15H10ClF3N2O2S/c16-11-5-3-9(15(17,18)19)8-12(11)20-14(24)21-13(22)6-4-10-2-1-7-23-10/h1-8H,(H2,20,21,22,24). The molecule has 24 heavy (non-hydrogen) atoms. The Morgan fingerprint density at radius 3 is 2.67 bits per heavy atom. The van der Waals surface area contributed by atoms with E-state index in [1.165, 1.54) is 18.4 Å². The Morgan fingerprint density at radius 1 is 1.29 bits per heavy atom. The summed E-state index contributed by atoms with van der Waals surface area (Å²) in [4.78, 5) is 11.7. The van der Waals surface area contributed by atoms with Crippen LogP contribution in [0.5, 0.6) is 0 Å². The fourth-order valence-electron chi connectivity index (χ4n) is 1.65. The molecule has 126 valence electrons. The van der Waals surface area contributed by atoms with Gasteiger partial charge in [-0.25, -0.2) is 0 Å². The number of alkyl halides is 3. The number of thiocarbonyl (C=S) groups is 1. The molecule has 1 aromatic heterocycles. The van der Waals surface area contributed by atoms with Crippen LogP contribution in [0, 0.1) is 0 Å². The minimum Gasteiger partial charge on any atom is -0.465 e. The third-order valence-corrected chi connectivity index (χ3v) is 3.25. The molecule has 9 heteroatoms. The molecule has 2 N–H and O–H groups in total. The molecule has 2 aromatic rings. The van der Waals surface area contributed by atoms with E-state index in [9.17, 15) is 18.0 Å². The summed E-state index contributed by atoms with van der Waals surface area (Å²) in [6.07, 6.45) is -0.493. The highest BCUT2D eigenvalue weighted by atomic mass is 35.5. The molecule has 4 nitrogen and oxygen atoms in total. The van der Waals surface area contributed by atoms with Gasteiger partial charge in [-0.2, -0.15) is 13.2 Å². The number of furan rings is 1. The van der Waals surface area contributed by atoms with Gasteiger partial charge >= 0.3 is 6.18 Å². The van der Waals surface area contributed by atoms with Gasteiger partial charge in [0.15, 0.2) is 5.11 Å². The third kappa shape index (κ3) is 5.10. The van der Waals surface area contributed by atoms with Crippen molar-refractivity contribution < 1.29 is 22.4 Å². The average Bonchev–Trinajstić information content (AvgIpc) is 2.99. The summed E-state index contributed by atoms with van der Waals surface area (Å²) in [6, 6.07) is 6.04. The van der Waals surface area contributed by atoms with Crippen LogP contribution < -0.4 is 10.6 Å². The van der Waals surface area contributed by atoms with E-state index in [1.54, 1.807) is 12.1 Å². The number of benzene rings is 1. The number of anilines is 1. The molecule has 1 amide bonds. The molecule has 0 aliphatic rings. The lowest BCUT2D eigenvalue weighted by molar-refractivity contribution is -0.137. The van der Waals surface area contributed by atoms with Crippen LogP contribution in [-0.4, -0.2) is 11.0 Å². The van der Waals surface area contributed by atoms with Crippen molar-refractivity contribution >= 4 is 46.6 Å². The average molecular weight is 375 g/mol.